The van der Waals surface area contributed by atoms with Crippen LogP contribution in [-0.4, -0.2) is 28.5 Å². The lowest BCUT2D eigenvalue weighted by Gasteiger charge is -2.23. The quantitative estimate of drug-likeness (QED) is 0.375. The highest BCUT2D eigenvalue weighted by molar-refractivity contribution is 6.31. The zero-order chi connectivity index (χ0) is 12.3. The maximum atomic E-state index is 8.74. The topological polar surface area (TPSA) is 61.9 Å². The summed E-state index contributed by atoms with van der Waals surface area (Å²) in [6.07, 6.45) is 1.99. The van der Waals surface area contributed by atoms with Crippen molar-refractivity contribution in [2.24, 2.45) is 10.9 Å². The molecule has 4 nitrogen and oxygen atoms in total. The van der Waals surface area contributed by atoms with E-state index >= 15 is 0 Å². The molecule has 3 N–H and O–H groups in total. The first kappa shape index (κ1) is 12.2. The molecule has 2 rings (SSSR count). The van der Waals surface area contributed by atoms with Gasteiger partial charge in [-0.15, -0.1) is 0 Å². The molecule has 0 aromatic heterocycles. The van der Waals surface area contributed by atoms with Crippen LogP contribution in [0.15, 0.2) is 29.4 Å². The van der Waals surface area contributed by atoms with Gasteiger partial charge in [-0.1, -0.05) is 35.0 Å². The van der Waals surface area contributed by atoms with Gasteiger partial charge in [-0.05, 0) is 31.0 Å². The van der Waals surface area contributed by atoms with Crippen molar-refractivity contribution in [2.75, 3.05) is 6.54 Å². The van der Waals surface area contributed by atoms with Gasteiger partial charge in [0.2, 0.25) is 0 Å². The van der Waals surface area contributed by atoms with E-state index in [1.54, 1.807) is 0 Å². The van der Waals surface area contributed by atoms with E-state index in [0.29, 0.717) is 0 Å². The van der Waals surface area contributed by atoms with E-state index in [-0.39, 0.29) is 11.9 Å². The molecule has 0 radical (unpaired) electrons. The average Bonchev–Trinajstić information content (AvgIpc) is 2.79. The standard InChI is InChI=1S/C12H16ClN3O/c13-10-5-2-1-4-9(10)8-16-7-3-6-11(16)12(14)15-17/h1-2,4-5,11,17H,3,6-8H2,(H2,14,15). The van der Waals surface area contributed by atoms with E-state index in [2.05, 4.69) is 10.1 Å². The third-order valence-electron chi connectivity index (χ3n) is 3.15. The first-order chi connectivity index (χ1) is 8.22. The smallest absolute Gasteiger partial charge is 0.156 e. The van der Waals surface area contributed by atoms with Gasteiger partial charge in [0.15, 0.2) is 5.84 Å². The molecule has 0 aliphatic carbocycles. The molecule has 1 aromatic rings. The van der Waals surface area contributed by atoms with Crippen LogP contribution in [0.25, 0.3) is 0 Å². The molecule has 92 valence electrons. The van der Waals surface area contributed by atoms with Crippen molar-refractivity contribution in [3.05, 3.63) is 34.9 Å². The average molecular weight is 254 g/mol. The maximum absolute atomic E-state index is 8.74. The summed E-state index contributed by atoms with van der Waals surface area (Å²) in [4.78, 5) is 2.19. The highest BCUT2D eigenvalue weighted by Gasteiger charge is 2.28. The van der Waals surface area contributed by atoms with Crippen molar-refractivity contribution in [1.29, 1.82) is 0 Å². The van der Waals surface area contributed by atoms with Crippen LogP contribution in [0.1, 0.15) is 18.4 Å². The van der Waals surface area contributed by atoms with Gasteiger partial charge < -0.3 is 10.9 Å². The van der Waals surface area contributed by atoms with Crippen LogP contribution in [0.2, 0.25) is 5.02 Å². The number of benzene rings is 1. The predicted octanol–water partition coefficient (Wildman–Crippen LogP) is 2.05. The summed E-state index contributed by atoms with van der Waals surface area (Å²) >= 11 is 6.13. The fraction of sp³-hybridized carbons (Fsp3) is 0.417. The maximum Gasteiger partial charge on any atom is 0.156 e. The minimum absolute atomic E-state index is 0.0243. The lowest BCUT2D eigenvalue weighted by molar-refractivity contribution is 0.275. The Morgan fingerprint density at radius 1 is 1.53 bits per heavy atom. The second-order valence-corrected chi connectivity index (χ2v) is 4.65. The molecule has 0 amide bonds. The molecular formula is C12H16ClN3O. The van der Waals surface area contributed by atoms with E-state index in [9.17, 15) is 0 Å². The van der Waals surface area contributed by atoms with Crippen LogP contribution in [0, 0.1) is 0 Å². The summed E-state index contributed by atoms with van der Waals surface area (Å²) in [6.45, 7) is 1.69. The minimum atomic E-state index is 0.0243. The number of nitrogens with two attached hydrogens (primary N) is 1. The Hall–Kier alpha value is -1.26. The van der Waals surface area contributed by atoms with Gasteiger partial charge in [0, 0.05) is 11.6 Å². The van der Waals surface area contributed by atoms with Crippen molar-refractivity contribution < 1.29 is 5.21 Å². The molecule has 5 heteroatoms. The predicted molar refractivity (Wildman–Crippen MR) is 68.3 cm³/mol. The fourth-order valence-electron chi connectivity index (χ4n) is 2.26. The number of likely N-dealkylation sites (tertiary alicyclic amines) is 1. The van der Waals surface area contributed by atoms with E-state index in [0.717, 1.165) is 36.5 Å². The van der Waals surface area contributed by atoms with Crippen molar-refractivity contribution in [1.82, 2.24) is 4.90 Å². The lowest BCUT2D eigenvalue weighted by Crippen LogP contribution is -2.40. The number of amidine groups is 1. The highest BCUT2D eigenvalue weighted by Crippen LogP contribution is 2.23. The molecule has 0 saturated carbocycles. The molecule has 1 fully saturated rings. The fourth-order valence-corrected chi connectivity index (χ4v) is 2.46. The Morgan fingerprint density at radius 3 is 3.00 bits per heavy atom. The molecule has 17 heavy (non-hydrogen) atoms. The van der Waals surface area contributed by atoms with Crippen molar-refractivity contribution >= 4 is 17.4 Å². The van der Waals surface area contributed by atoms with Crippen molar-refractivity contribution in [2.45, 2.75) is 25.4 Å². The number of hydrogen-bond acceptors (Lipinski definition) is 3. The van der Waals surface area contributed by atoms with Crippen LogP contribution in [0.3, 0.4) is 0 Å². The third-order valence-corrected chi connectivity index (χ3v) is 3.52. The van der Waals surface area contributed by atoms with E-state index in [1.807, 2.05) is 24.3 Å². The van der Waals surface area contributed by atoms with Crippen molar-refractivity contribution in [3.63, 3.8) is 0 Å². The summed E-state index contributed by atoms with van der Waals surface area (Å²) in [5.74, 6) is 0.287. The van der Waals surface area contributed by atoms with Gasteiger partial charge in [0.25, 0.3) is 0 Å². The van der Waals surface area contributed by atoms with Gasteiger partial charge in [-0.25, -0.2) is 0 Å². The zero-order valence-electron chi connectivity index (χ0n) is 9.51. The van der Waals surface area contributed by atoms with Gasteiger partial charge in [0.1, 0.15) is 0 Å². The minimum Gasteiger partial charge on any atom is -0.409 e. The van der Waals surface area contributed by atoms with Gasteiger partial charge >= 0.3 is 0 Å². The van der Waals surface area contributed by atoms with Crippen LogP contribution >= 0.6 is 11.6 Å². The molecule has 1 aliphatic rings. The Labute approximate surface area is 106 Å². The van der Waals surface area contributed by atoms with Gasteiger partial charge in [0.05, 0.1) is 6.04 Å². The second-order valence-electron chi connectivity index (χ2n) is 4.24. The molecule has 1 heterocycles. The first-order valence-corrected chi connectivity index (χ1v) is 6.05. The Bertz CT molecular complexity index is 422. The number of nitrogens with zero attached hydrogens (tertiary/aromatic N) is 2. The first-order valence-electron chi connectivity index (χ1n) is 5.67. The van der Waals surface area contributed by atoms with Crippen LogP contribution in [0.5, 0.6) is 0 Å². The molecule has 1 unspecified atom stereocenters. The lowest BCUT2D eigenvalue weighted by atomic mass is 10.1. The highest BCUT2D eigenvalue weighted by atomic mass is 35.5. The summed E-state index contributed by atoms with van der Waals surface area (Å²) in [7, 11) is 0. The molecule has 1 saturated heterocycles. The van der Waals surface area contributed by atoms with Crippen LogP contribution in [0.4, 0.5) is 0 Å². The molecule has 1 aromatic carbocycles. The third kappa shape index (κ3) is 2.70. The number of oxime groups is 1. The Balaban J connectivity index is 2.11. The monoisotopic (exact) mass is 253 g/mol. The largest absolute Gasteiger partial charge is 0.409 e. The van der Waals surface area contributed by atoms with E-state index in [4.69, 9.17) is 22.5 Å². The van der Waals surface area contributed by atoms with Gasteiger partial charge in [-0.2, -0.15) is 0 Å². The Kier molecular flexibility index (Phi) is 3.86. The molecule has 1 atom stereocenters. The van der Waals surface area contributed by atoms with Crippen molar-refractivity contribution in [3.8, 4) is 0 Å². The van der Waals surface area contributed by atoms with E-state index in [1.165, 1.54) is 0 Å². The normalized spacial score (nSPS) is 21.9. The SMILES string of the molecule is NC(=NO)C1CCCN1Cc1ccccc1Cl. The molecular weight excluding hydrogens is 238 g/mol. The second kappa shape index (κ2) is 5.38. The van der Waals surface area contributed by atoms with E-state index < -0.39 is 0 Å². The van der Waals surface area contributed by atoms with Crippen LogP contribution in [-0.2, 0) is 6.54 Å². The number of halogens is 1. The summed E-state index contributed by atoms with van der Waals surface area (Å²) in [6, 6.07) is 7.79. The number of rotatable bonds is 3. The summed E-state index contributed by atoms with van der Waals surface area (Å²) in [5.41, 5.74) is 6.76. The molecule has 0 spiro atoms. The Morgan fingerprint density at radius 2 is 2.29 bits per heavy atom. The number of hydrogen-bond donors (Lipinski definition) is 2. The molecule has 1 aliphatic heterocycles. The summed E-state index contributed by atoms with van der Waals surface area (Å²) < 4.78 is 0. The summed E-state index contributed by atoms with van der Waals surface area (Å²) in [5, 5.41) is 12.6. The van der Waals surface area contributed by atoms with Gasteiger partial charge in [-0.3, -0.25) is 4.90 Å². The molecule has 0 bridgehead atoms. The zero-order valence-corrected chi connectivity index (χ0v) is 10.3. The van der Waals surface area contributed by atoms with Crippen LogP contribution < -0.4 is 5.73 Å².